The SMILES string of the molecule is FC(F)(F)c1ccccc1.O=[N+]([O-])c1cc(C(F)(F)F)ccc1F. The van der Waals surface area contributed by atoms with Gasteiger partial charge in [-0.3, -0.25) is 10.1 Å². The molecular formula is C14H8F7NO2. The van der Waals surface area contributed by atoms with Crippen LogP contribution in [0, 0.1) is 15.9 Å². The number of nitro benzene ring substituents is 1. The molecule has 2 aromatic carbocycles. The molecule has 0 spiro atoms. The lowest BCUT2D eigenvalue weighted by atomic mass is 10.2. The van der Waals surface area contributed by atoms with E-state index in [0.717, 1.165) is 12.1 Å². The minimum Gasteiger partial charge on any atom is -0.258 e. The van der Waals surface area contributed by atoms with Crippen LogP contribution in [0.1, 0.15) is 11.1 Å². The third kappa shape index (κ3) is 5.52. The summed E-state index contributed by atoms with van der Waals surface area (Å²) in [4.78, 5) is 8.90. The molecule has 10 heteroatoms. The van der Waals surface area contributed by atoms with Crippen molar-refractivity contribution < 1.29 is 35.7 Å². The van der Waals surface area contributed by atoms with E-state index in [9.17, 15) is 40.8 Å². The zero-order chi connectivity index (χ0) is 18.5. The highest BCUT2D eigenvalue weighted by atomic mass is 19.4. The van der Waals surface area contributed by atoms with Crippen LogP contribution in [0.5, 0.6) is 0 Å². The van der Waals surface area contributed by atoms with Crippen molar-refractivity contribution in [2.45, 2.75) is 12.4 Å². The molecule has 0 heterocycles. The number of rotatable bonds is 1. The van der Waals surface area contributed by atoms with Crippen LogP contribution in [0.2, 0.25) is 0 Å². The molecule has 0 radical (unpaired) electrons. The molecular weight excluding hydrogens is 347 g/mol. The molecule has 0 aliphatic rings. The van der Waals surface area contributed by atoms with E-state index in [4.69, 9.17) is 0 Å². The second-order valence-electron chi connectivity index (χ2n) is 4.28. The maximum absolute atomic E-state index is 12.6. The number of nitro groups is 1. The molecule has 0 aromatic heterocycles. The van der Waals surface area contributed by atoms with E-state index in [-0.39, 0.29) is 6.07 Å². The van der Waals surface area contributed by atoms with Crippen LogP contribution in [0.4, 0.5) is 36.4 Å². The molecule has 0 fully saturated rings. The molecule has 0 N–H and O–H groups in total. The highest BCUT2D eigenvalue weighted by Crippen LogP contribution is 2.32. The Morgan fingerprint density at radius 3 is 1.67 bits per heavy atom. The van der Waals surface area contributed by atoms with E-state index in [1.165, 1.54) is 12.1 Å². The van der Waals surface area contributed by atoms with Crippen molar-refractivity contribution in [1.82, 2.24) is 0 Å². The number of alkyl halides is 6. The van der Waals surface area contributed by atoms with E-state index < -0.39 is 39.9 Å². The van der Waals surface area contributed by atoms with Crippen molar-refractivity contribution >= 4 is 5.69 Å². The first-order valence-corrected chi connectivity index (χ1v) is 6.06. The van der Waals surface area contributed by atoms with Gasteiger partial charge in [0, 0.05) is 6.07 Å². The average Bonchev–Trinajstić information content (AvgIpc) is 2.47. The summed E-state index contributed by atoms with van der Waals surface area (Å²) >= 11 is 0. The van der Waals surface area contributed by atoms with Gasteiger partial charge in [-0.15, -0.1) is 0 Å². The Balaban J connectivity index is 0.000000254. The van der Waals surface area contributed by atoms with Gasteiger partial charge in [-0.1, -0.05) is 30.3 Å². The average molecular weight is 355 g/mol. The molecule has 0 aliphatic carbocycles. The van der Waals surface area contributed by atoms with E-state index >= 15 is 0 Å². The molecule has 0 saturated heterocycles. The maximum Gasteiger partial charge on any atom is 0.416 e. The summed E-state index contributed by atoms with van der Waals surface area (Å²) in [6.07, 6.45) is -8.92. The van der Waals surface area contributed by atoms with Gasteiger partial charge in [-0.2, -0.15) is 30.7 Å². The Bertz CT molecular complexity index is 697. The Morgan fingerprint density at radius 2 is 1.29 bits per heavy atom. The van der Waals surface area contributed by atoms with Gasteiger partial charge in [0.1, 0.15) is 0 Å². The fraction of sp³-hybridized carbons (Fsp3) is 0.143. The first-order valence-electron chi connectivity index (χ1n) is 6.06. The first-order chi connectivity index (χ1) is 10.9. The molecule has 3 nitrogen and oxygen atoms in total. The van der Waals surface area contributed by atoms with Gasteiger partial charge in [0.25, 0.3) is 0 Å². The van der Waals surface area contributed by atoms with Gasteiger partial charge in [0.2, 0.25) is 5.82 Å². The van der Waals surface area contributed by atoms with Gasteiger partial charge in [-0.25, -0.2) is 0 Å². The normalized spacial score (nSPS) is 11.5. The van der Waals surface area contributed by atoms with E-state index in [2.05, 4.69) is 0 Å². The van der Waals surface area contributed by atoms with Crippen molar-refractivity contribution in [3.8, 4) is 0 Å². The summed E-state index contributed by atoms with van der Waals surface area (Å²) < 4.78 is 84.0. The second-order valence-corrected chi connectivity index (χ2v) is 4.28. The second kappa shape index (κ2) is 7.28. The van der Waals surface area contributed by atoms with Gasteiger partial charge in [0.05, 0.1) is 16.1 Å². The molecule has 2 aromatic rings. The summed E-state index contributed by atoms with van der Waals surface area (Å²) in [7, 11) is 0. The topological polar surface area (TPSA) is 43.1 Å². The number of benzene rings is 2. The molecule has 130 valence electrons. The van der Waals surface area contributed by atoms with E-state index in [1.807, 2.05) is 0 Å². The van der Waals surface area contributed by atoms with Crippen molar-refractivity contribution in [2.75, 3.05) is 0 Å². The number of hydrogen-bond donors (Lipinski definition) is 0. The quantitative estimate of drug-likeness (QED) is 0.387. The fourth-order valence-corrected chi connectivity index (χ4v) is 1.46. The van der Waals surface area contributed by atoms with Crippen molar-refractivity contribution in [3.05, 3.63) is 75.6 Å². The van der Waals surface area contributed by atoms with Crippen LogP contribution in [0.3, 0.4) is 0 Å². The van der Waals surface area contributed by atoms with Gasteiger partial charge in [0.15, 0.2) is 0 Å². The van der Waals surface area contributed by atoms with Crippen LogP contribution in [0.25, 0.3) is 0 Å². The van der Waals surface area contributed by atoms with Crippen LogP contribution in [0.15, 0.2) is 48.5 Å². The van der Waals surface area contributed by atoms with Gasteiger partial charge in [-0.05, 0) is 12.1 Å². The molecule has 0 aliphatic heterocycles. The molecule has 0 amide bonds. The Hall–Kier alpha value is -2.65. The maximum atomic E-state index is 12.6. The van der Waals surface area contributed by atoms with Crippen LogP contribution < -0.4 is 0 Å². The summed E-state index contributed by atoms with van der Waals surface area (Å²) in [6.45, 7) is 0. The minimum absolute atomic E-state index is 0.162. The standard InChI is InChI=1S/C7H3F4NO2.C7H5F3/c8-5-2-1-4(7(9,10)11)3-6(5)12(13)14;8-7(9,10)6-4-2-1-3-5-6/h1-3H;1-5H. The molecule has 0 saturated carbocycles. The molecule has 2 rings (SSSR count). The highest BCUT2D eigenvalue weighted by molar-refractivity contribution is 5.37. The third-order valence-electron chi connectivity index (χ3n) is 2.57. The van der Waals surface area contributed by atoms with Gasteiger partial charge < -0.3 is 0 Å². The summed E-state index contributed by atoms with van der Waals surface area (Å²) in [5.41, 5.74) is -3.03. The summed E-state index contributed by atoms with van der Waals surface area (Å²) in [5.74, 6) is -1.29. The van der Waals surface area contributed by atoms with Crippen LogP contribution in [-0.2, 0) is 12.4 Å². The summed E-state index contributed by atoms with van der Waals surface area (Å²) in [5, 5.41) is 10.1. The van der Waals surface area contributed by atoms with Crippen molar-refractivity contribution in [2.24, 2.45) is 0 Å². The molecule has 0 atom stereocenters. The number of hydrogen-bond acceptors (Lipinski definition) is 2. The number of nitrogens with zero attached hydrogens (tertiary/aromatic N) is 1. The zero-order valence-electron chi connectivity index (χ0n) is 11.5. The lowest BCUT2D eigenvalue weighted by molar-refractivity contribution is -0.387. The van der Waals surface area contributed by atoms with Crippen LogP contribution >= 0.6 is 0 Å². The smallest absolute Gasteiger partial charge is 0.258 e. The van der Waals surface area contributed by atoms with Crippen molar-refractivity contribution in [3.63, 3.8) is 0 Å². The monoisotopic (exact) mass is 355 g/mol. The largest absolute Gasteiger partial charge is 0.416 e. The molecule has 0 unspecified atom stereocenters. The zero-order valence-corrected chi connectivity index (χ0v) is 11.5. The summed E-state index contributed by atoms with van der Waals surface area (Å²) in [6, 6.07) is 7.39. The van der Waals surface area contributed by atoms with Crippen molar-refractivity contribution in [1.29, 1.82) is 0 Å². The minimum atomic E-state index is -4.71. The molecule has 24 heavy (non-hydrogen) atoms. The van der Waals surface area contributed by atoms with E-state index in [1.54, 1.807) is 6.07 Å². The highest BCUT2D eigenvalue weighted by Gasteiger charge is 2.33. The number of halogens is 7. The fourth-order valence-electron chi connectivity index (χ4n) is 1.46. The Kier molecular flexibility index (Phi) is 5.88. The van der Waals surface area contributed by atoms with Crippen LogP contribution in [-0.4, -0.2) is 4.92 Å². The predicted molar refractivity (Wildman–Crippen MR) is 69.5 cm³/mol. The third-order valence-corrected chi connectivity index (χ3v) is 2.57. The predicted octanol–water partition coefficient (Wildman–Crippen LogP) is 5.46. The Labute approximate surface area is 130 Å². The first kappa shape index (κ1) is 19.4. The lowest BCUT2D eigenvalue weighted by Gasteiger charge is -2.05. The molecule has 0 bridgehead atoms. The van der Waals surface area contributed by atoms with Gasteiger partial charge >= 0.3 is 18.0 Å². The lowest BCUT2D eigenvalue weighted by Crippen LogP contribution is -2.06. The Morgan fingerprint density at radius 1 is 0.792 bits per heavy atom. The van der Waals surface area contributed by atoms with E-state index in [0.29, 0.717) is 12.1 Å².